The molecule has 1 amide bonds. The molecule has 0 aromatic heterocycles. The molecule has 1 aromatic carbocycles. The number of ether oxygens (including phenoxy) is 1. The molecule has 3 N–H and O–H groups in total. The summed E-state index contributed by atoms with van der Waals surface area (Å²) in [6, 6.07) is 3.57. The highest BCUT2D eigenvalue weighted by molar-refractivity contribution is 5.97. The quantitative estimate of drug-likeness (QED) is 0.762. The van der Waals surface area contributed by atoms with Crippen molar-refractivity contribution in [1.82, 2.24) is 5.32 Å². The molecule has 2 rings (SSSR count). The van der Waals surface area contributed by atoms with Crippen LogP contribution in [0.2, 0.25) is 0 Å². The molecular weight excluding hydrogens is 269 g/mol. The lowest BCUT2D eigenvalue weighted by atomic mass is 10.1. The maximum absolute atomic E-state index is 13.4. The number of aliphatic carboxylic acids is 1. The van der Waals surface area contributed by atoms with E-state index in [1.165, 1.54) is 12.1 Å². The van der Waals surface area contributed by atoms with E-state index in [2.05, 4.69) is 5.32 Å². The van der Waals surface area contributed by atoms with E-state index in [0.717, 1.165) is 6.07 Å². The Morgan fingerprint density at radius 2 is 2.15 bits per heavy atom. The van der Waals surface area contributed by atoms with Gasteiger partial charge in [-0.15, -0.1) is 0 Å². The number of carboxylic acids is 1. The van der Waals surface area contributed by atoms with Gasteiger partial charge in [-0.2, -0.15) is 0 Å². The lowest BCUT2D eigenvalue weighted by Gasteiger charge is -2.13. The highest BCUT2D eigenvalue weighted by Crippen LogP contribution is 2.21. The first-order valence-electron chi connectivity index (χ1n) is 6.13. The molecular formula is C13H14FNO5. The molecule has 0 bridgehead atoms. The standard InChI is InChI=1S/C13H14FNO5/c14-8-2-1-3-9(16)11(8)12(17)15-6-7-4-5-10(20-7)13(18)19/h1-3,7,10,16H,4-6H2,(H,15,17)(H,18,19). The first kappa shape index (κ1) is 14.3. The number of benzene rings is 1. The second-order valence-electron chi connectivity index (χ2n) is 4.51. The summed E-state index contributed by atoms with van der Waals surface area (Å²) in [6.45, 7) is 0.0659. The summed E-state index contributed by atoms with van der Waals surface area (Å²) < 4.78 is 18.6. The predicted octanol–water partition coefficient (Wildman–Crippen LogP) is 0.893. The van der Waals surface area contributed by atoms with Gasteiger partial charge in [-0.05, 0) is 25.0 Å². The molecule has 0 spiro atoms. The van der Waals surface area contributed by atoms with Crippen LogP contribution in [-0.4, -0.2) is 40.8 Å². The van der Waals surface area contributed by atoms with Gasteiger partial charge in [0.05, 0.1) is 6.10 Å². The van der Waals surface area contributed by atoms with Crippen molar-refractivity contribution in [2.75, 3.05) is 6.54 Å². The number of phenolic OH excluding ortho intramolecular Hbond substituents is 1. The second-order valence-corrected chi connectivity index (χ2v) is 4.51. The van der Waals surface area contributed by atoms with Gasteiger partial charge in [0.15, 0.2) is 6.10 Å². The first-order valence-corrected chi connectivity index (χ1v) is 6.13. The van der Waals surface area contributed by atoms with Gasteiger partial charge in [-0.25, -0.2) is 9.18 Å². The van der Waals surface area contributed by atoms with Crippen LogP contribution in [0.4, 0.5) is 4.39 Å². The molecule has 7 heteroatoms. The summed E-state index contributed by atoms with van der Waals surface area (Å²) in [4.78, 5) is 22.5. The van der Waals surface area contributed by atoms with Crippen LogP contribution in [0.1, 0.15) is 23.2 Å². The number of nitrogens with one attached hydrogen (secondary N) is 1. The predicted molar refractivity (Wildman–Crippen MR) is 65.9 cm³/mol. The molecule has 1 aliphatic rings. The number of hydrogen-bond acceptors (Lipinski definition) is 4. The summed E-state index contributed by atoms with van der Waals surface area (Å²) in [5.74, 6) is -3.06. The van der Waals surface area contributed by atoms with Gasteiger partial charge in [-0.1, -0.05) is 6.07 Å². The van der Waals surface area contributed by atoms with Crippen molar-refractivity contribution >= 4 is 11.9 Å². The van der Waals surface area contributed by atoms with E-state index in [9.17, 15) is 19.1 Å². The van der Waals surface area contributed by atoms with Crippen molar-refractivity contribution < 1.29 is 28.9 Å². The van der Waals surface area contributed by atoms with E-state index in [0.29, 0.717) is 12.8 Å². The lowest BCUT2D eigenvalue weighted by Crippen LogP contribution is -2.33. The number of halogens is 1. The van der Waals surface area contributed by atoms with Crippen LogP contribution >= 0.6 is 0 Å². The average Bonchev–Trinajstić information content (AvgIpc) is 2.85. The summed E-state index contributed by atoms with van der Waals surface area (Å²) in [7, 11) is 0. The fourth-order valence-corrected chi connectivity index (χ4v) is 2.07. The molecule has 2 unspecified atom stereocenters. The third kappa shape index (κ3) is 3.05. The molecule has 1 aliphatic heterocycles. The number of carbonyl (C=O) groups is 2. The van der Waals surface area contributed by atoms with Gasteiger partial charge in [0.2, 0.25) is 0 Å². The van der Waals surface area contributed by atoms with Gasteiger partial charge in [0, 0.05) is 6.54 Å². The molecule has 6 nitrogen and oxygen atoms in total. The topological polar surface area (TPSA) is 95.9 Å². The van der Waals surface area contributed by atoms with Crippen LogP contribution in [0.5, 0.6) is 5.75 Å². The molecule has 20 heavy (non-hydrogen) atoms. The molecule has 1 heterocycles. The van der Waals surface area contributed by atoms with Crippen LogP contribution < -0.4 is 5.32 Å². The van der Waals surface area contributed by atoms with E-state index in [1.54, 1.807) is 0 Å². The zero-order valence-corrected chi connectivity index (χ0v) is 10.5. The summed E-state index contributed by atoms with van der Waals surface area (Å²) in [5.41, 5.74) is -0.430. The normalized spacial score (nSPS) is 21.6. The fourth-order valence-electron chi connectivity index (χ4n) is 2.07. The van der Waals surface area contributed by atoms with Crippen molar-refractivity contribution in [2.24, 2.45) is 0 Å². The van der Waals surface area contributed by atoms with E-state index >= 15 is 0 Å². The van der Waals surface area contributed by atoms with E-state index in [1.807, 2.05) is 0 Å². The summed E-state index contributed by atoms with van der Waals surface area (Å²) >= 11 is 0. The smallest absolute Gasteiger partial charge is 0.332 e. The minimum atomic E-state index is -1.04. The Labute approximate surface area is 114 Å². The minimum absolute atomic E-state index is 0.0659. The molecule has 0 saturated carbocycles. The second kappa shape index (κ2) is 5.87. The number of carbonyl (C=O) groups excluding carboxylic acids is 1. The van der Waals surface area contributed by atoms with Crippen LogP contribution in [0, 0.1) is 5.82 Å². The Morgan fingerprint density at radius 3 is 2.75 bits per heavy atom. The summed E-state index contributed by atoms with van der Waals surface area (Å²) in [5, 5.41) is 20.6. The van der Waals surface area contributed by atoms with Gasteiger partial charge in [0.25, 0.3) is 5.91 Å². The molecule has 2 atom stereocenters. The maximum atomic E-state index is 13.4. The zero-order valence-electron chi connectivity index (χ0n) is 10.5. The van der Waals surface area contributed by atoms with Gasteiger partial charge < -0.3 is 20.3 Å². The number of aromatic hydroxyl groups is 1. The van der Waals surface area contributed by atoms with Gasteiger partial charge >= 0.3 is 5.97 Å². The summed E-state index contributed by atoms with van der Waals surface area (Å²) in [6.07, 6.45) is -0.408. The Morgan fingerprint density at radius 1 is 1.40 bits per heavy atom. The maximum Gasteiger partial charge on any atom is 0.332 e. The number of hydrogen-bond donors (Lipinski definition) is 3. The van der Waals surface area contributed by atoms with E-state index < -0.39 is 41.2 Å². The highest BCUT2D eigenvalue weighted by Gasteiger charge is 2.30. The van der Waals surface area contributed by atoms with Crippen molar-refractivity contribution in [1.29, 1.82) is 0 Å². The number of phenols is 1. The van der Waals surface area contributed by atoms with Crippen molar-refractivity contribution in [2.45, 2.75) is 25.0 Å². The van der Waals surface area contributed by atoms with Crippen LogP contribution in [0.3, 0.4) is 0 Å². The Bertz CT molecular complexity index is 513. The molecule has 1 fully saturated rings. The largest absolute Gasteiger partial charge is 0.507 e. The number of rotatable bonds is 4. The Kier molecular flexibility index (Phi) is 4.19. The minimum Gasteiger partial charge on any atom is -0.507 e. The van der Waals surface area contributed by atoms with Crippen LogP contribution in [-0.2, 0) is 9.53 Å². The zero-order chi connectivity index (χ0) is 14.7. The third-order valence-corrected chi connectivity index (χ3v) is 3.09. The van der Waals surface area contributed by atoms with Crippen LogP contribution in [0.15, 0.2) is 18.2 Å². The Balaban J connectivity index is 1.92. The highest BCUT2D eigenvalue weighted by atomic mass is 19.1. The van der Waals surface area contributed by atoms with Crippen molar-refractivity contribution in [3.05, 3.63) is 29.6 Å². The number of amides is 1. The average molecular weight is 283 g/mol. The van der Waals surface area contributed by atoms with E-state index in [-0.39, 0.29) is 6.54 Å². The van der Waals surface area contributed by atoms with E-state index in [4.69, 9.17) is 9.84 Å². The van der Waals surface area contributed by atoms with Crippen LogP contribution in [0.25, 0.3) is 0 Å². The SMILES string of the molecule is O=C(NCC1CCC(C(=O)O)O1)c1c(O)cccc1F. The first-order chi connectivity index (χ1) is 9.49. The third-order valence-electron chi connectivity index (χ3n) is 3.09. The molecule has 0 aliphatic carbocycles. The fraction of sp³-hybridized carbons (Fsp3) is 0.385. The molecule has 1 saturated heterocycles. The monoisotopic (exact) mass is 283 g/mol. The van der Waals surface area contributed by atoms with Crippen molar-refractivity contribution in [3.63, 3.8) is 0 Å². The number of carboxylic acid groups (broad SMARTS) is 1. The van der Waals surface area contributed by atoms with Gasteiger partial charge in [0.1, 0.15) is 17.1 Å². The lowest BCUT2D eigenvalue weighted by molar-refractivity contribution is -0.149. The van der Waals surface area contributed by atoms with Crippen molar-refractivity contribution in [3.8, 4) is 5.75 Å². The molecule has 108 valence electrons. The Hall–Kier alpha value is -2.15. The molecule has 0 radical (unpaired) electrons. The molecule has 1 aromatic rings. The van der Waals surface area contributed by atoms with Gasteiger partial charge in [-0.3, -0.25) is 4.79 Å².